The lowest BCUT2D eigenvalue weighted by Gasteiger charge is -2.13. The number of esters is 1. The van der Waals surface area contributed by atoms with Gasteiger partial charge < -0.3 is 10.1 Å². The zero-order chi connectivity index (χ0) is 19.5. The molecule has 11 heteroatoms. The molecule has 0 spiro atoms. The van der Waals surface area contributed by atoms with Crippen molar-refractivity contribution in [1.82, 2.24) is 14.8 Å². The van der Waals surface area contributed by atoms with Gasteiger partial charge in [0.15, 0.2) is 10.8 Å². The molecule has 0 saturated carbocycles. The first kappa shape index (κ1) is 19.9. The number of alkyl halides is 3. The van der Waals surface area contributed by atoms with Crippen LogP contribution in [0.2, 0.25) is 0 Å². The zero-order valence-corrected chi connectivity index (χ0v) is 15.1. The van der Waals surface area contributed by atoms with Crippen LogP contribution in [0.25, 0.3) is 0 Å². The average molecular weight is 390 g/mol. The minimum absolute atomic E-state index is 0.0248. The lowest BCUT2D eigenvalue weighted by molar-refractivity contribution is -0.142. The van der Waals surface area contributed by atoms with E-state index in [1.807, 2.05) is 0 Å². The van der Waals surface area contributed by atoms with Crippen molar-refractivity contribution in [3.63, 3.8) is 0 Å². The van der Waals surface area contributed by atoms with Crippen LogP contribution in [0.1, 0.15) is 37.0 Å². The Morgan fingerprint density at radius 2 is 2.12 bits per heavy atom. The fourth-order valence-electron chi connectivity index (χ4n) is 2.14. The molecule has 0 saturated heterocycles. The second-order valence-corrected chi connectivity index (χ2v) is 6.26. The molecule has 0 radical (unpaired) electrons. The number of aryl methyl sites for hydroxylation is 1. The third-order valence-electron chi connectivity index (χ3n) is 3.37. The van der Waals surface area contributed by atoms with Crippen LogP contribution in [-0.4, -0.2) is 33.2 Å². The summed E-state index contributed by atoms with van der Waals surface area (Å²) in [5.74, 6) is -1.00. The van der Waals surface area contributed by atoms with Crippen LogP contribution in [0.4, 0.5) is 18.3 Å². The fraction of sp³-hybridized carbons (Fsp3) is 0.467. The van der Waals surface area contributed by atoms with Gasteiger partial charge in [-0.2, -0.15) is 18.3 Å². The van der Waals surface area contributed by atoms with Gasteiger partial charge >= 0.3 is 12.1 Å². The summed E-state index contributed by atoms with van der Waals surface area (Å²) in [6, 6.07) is -0.0894. The monoisotopic (exact) mass is 390 g/mol. The molecule has 0 aliphatic heterocycles. The minimum atomic E-state index is -4.58. The van der Waals surface area contributed by atoms with Gasteiger partial charge in [-0.3, -0.25) is 14.3 Å². The van der Waals surface area contributed by atoms with E-state index in [1.54, 1.807) is 12.3 Å². The van der Waals surface area contributed by atoms with E-state index >= 15 is 0 Å². The highest BCUT2D eigenvalue weighted by atomic mass is 32.1. The maximum atomic E-state index is 12.7. The van der Waals surface area contributed by atoms with Crippen LogP contribution in [0, 0.1) is 6.92 Å². The fourth-order valence-corrected chi connectivity index (χ4v) is 2.86. The SMILES string of the molecule is CCOC(=O)Cc1csc(NC(=O)C(C)n2nc(C(F)(F)F)cc2C)n1. The number of hydrogen-bond acceptors (Lipinski definition) is 6. The summed E-state index contributed by atoms with van der Waals surface area (Å²) in [6.07, 6.45) is -4.60. The van der Waals surface area contributed by atoms with Crippen molar-refractivity contribution in [2.75, 3.05) is 11.9 Å². The first-order valence-corrected chi connectivity index (χ1v) is 8.54. The van der Waals surface area contributed by atoms with E-state index in [0.717, 1.165) is 22.1 Å². The zero-order valence-electron chi connectivity index (χ0n) is 14.3. The van der Waals surface area contributed by atoms with Crippen LogP contribution < -0.4 is 5.32 Å². The lowest BCUT2D eigenvalue weighted by atomic mass is 10.3. The van der Waals surface area contributed by atoms with Crippen molar-refractivity contribution < 1.29 is 27.5 Å². The topological polar surface area (TPSA) is 86.1 Å². The molecule has 1 amide bonds. The Bertz CT molecular complexity index is 800. The molecule has 2 heterocycles. The van der Waals surface area contributed by atoms with E-state index in [4.69, 9.17) is 4.74 Å². The molecule has 142 valence electrons. The number of nitrogens with zero attached hydrogens (tertiary/aromatic N) is 3. The molecule has 2 aromatic rings. The van der Waals surface area contributed by atoms with Gasteiger partial charge in [-0.05, 0) is 26.8 Å². The standard InChI is InChI=1S/C15H17F3N4O3S/c1-4-25-12(23)6-10-7-26-14(19-10)20-13(24)9(3)22-8(2)5-11(21-22)15(16,17)18/h5,7,9H,4,6H2,1-3H3,(H,19,20,24). The van der Waals surface area contributed by atoms with Crippen molar-refractivity contribution >= 4 is 28.3 Å². The van der Waals surface area contributed by atoms with Gasteiger partial charge in [-0.25, -0.2) is 4.98 Å². The van der Waals surface area contributed by atoms with Gasteiger partial charge in [-0.15, -0.1) is 11.3 Å². The predicted molar refractivity (Wildman–Crippen MR) is 87.8 cm³/mol. The maximum Gasteiger partial charge on any atom is 0.435 e. The summed E-state index contributed by atoms with van der Waals surface area (Å²) in [6.45, 7) is 4.82. The van der Waals surface area contributed by atoms with E-state index in [9.17, 15) is 22.8 Å². The van der Waals surface area contributed by atoms with Crippen LogP contribution in [0.15, 0.2) is 11.4 Å². The summed E-state index contributed by atoms with van der Waals surface area (Å²) < 4.78 is 44.0. The molecule has 7 nitrogen and oxygen atoms in total. The van der Waals surface area contributed by atoms with Crippen molar-refractivity contribution in [3.8, 4) is 0 Å². The number of anilines is 1. The predicted octanol–water partition coefficient (Wildman–Crippen LogP) is 2.97. The van der Waals surface area contributed by atoms with Crippen molar-refractivity contribution in [3.05, 3.63) is 28.5 Å². The van der Waals surface area contributed by atoms with Crippen LogP contribution >= 0.6 is 11.3 Å². The molecular weight excluding hydrogens is 373 g/mol. The number of amides is 1. The van der Waals surface area contributed by atoms with Crippen molar-refractivity contribution in [1.29, 1.82) is 0 Å². The van der Waals surface area contributed by atoms with Crippen molar-refractivity contribution in [2.24, 2.45) is 0 Å². The highest BCUT2D eigenvalue weighted by Gasteiger charge is 2.35. The normalized spacial score (nSPS) is 12.7. The number of halogens is 3. The molecular formula is C15H17F3N4O3S. The van der Waals surface area contributed by atoms with Gasteiger partial charge in [0, 0.05) is 11.1 Å². The summed E-state index contributed by atoms with van der Waals surface area (Å²) in [5, 5.41) is 7.81. The first-order valence-electron chi connectivity index (χ1n) is 7.66. The molecule has 26 heavy (non-hydrogen) atoms. The second kappa shape index (κ2) is 7.85. The van der Waals surface area contributed by atoms with Gasteiger partial charge in [0.05, 0.1) is 18.7 Å². The largest absolute Gasteiger partial charge is 0.466 e. The Labute approximate surface area is 151 Å². The second-order valence-electron chi connectivity index (χ2n) is 5.40. The molecule has 0 aromatic carbocycles. The van der Waals surface area contributed by atoms with E-state index in [1.165, 1.54) is 13.8 Å². The van der Waals surface area contributed by atoms with Crippen LogP contribution in [0.5, 0.6) is 0 Å². The minimum Gasteiger partial charge on any atom is -0.466 e. The van der Waals surface area contributed by atoms with E-state index in [-0.39, 0.29) is 23.9 Å². The Morgan fingerprint density at radius 1 is 1.42 bits per heavy atom. The number of nitrogens with one attached hydrogen (secondary N) is 1. The lowest BCUT2D eigenvalue weighted by Crippen LogP contribution is -2.25. The third-order valence-corrected chi connectivity index (χ3v) is 4.18. The van der Waals surface area contributed by atoms with Crippen molar-refractivity contribution in [2.45, 2.75) is 39.4 Å². The number of rotatable bonds is 6. The van der Waals surface area contributed by atoms with Gasteiger partial charge in [0.25, 0.3) is 5.91 Å². The highest BCUT2D eigenvalue weighted by molar-refractivity contribution is 7.13. The molecule has 0 aliphatic rings. The highest BCUT2D eigenvalue weighted by Crippen LogP contribution is 2.29. The molecule has 0 aliphatic carbocycles. The Hall–Kier alpha value is -2.43. The number of ether oxygens (including phenoxy) is 1. The molecule has 1 atom stereocenters. The molecule has 1 N–H and O–H groups in total. The third kappa shape index (κ3) is 4.81. The van der Waals surface area contributed by atoms with Crippen LogP contribution in [0.3, 0.4) is 0 Å². The molecule has 1 unspecified atom stereocenters. The summed E-state index contributed by atoms with van der Waals surface area (Å²) in [4.78, 5) is 27.8. The summed E-state index contributed by atoms with van der Waals surface area (Å²) in [7, 11) is 0. The number of thiazole rings is 1. The van der Waals surface area contributed by atoms with Gasteiger partial charge in [0.1, 0.15) is 6.04 Å². The van der Waals surface area contributed by atoms with E-state index < -0.39 is 29.8 Å². The first-order chi connectivity index (χ1) is 12.1. The van der Waals surface area contributed by atoms with Gasteiger partial charge in [-0.1, -0.05) is 0 Å². The number of aromatic nitrogens is 3. The van der Waals surface area contributed by atoms with E-state index in [2.05, 4.69) is 15.4 Å². The average Bonchev–Trinajstić information content (AvgIpc) is 3.13. The number of carbonyl (C=O) groups is 2. The molecule has 0 fully saturated rings. The smallest absolute Gasteiger partial charge is 0.435 e. The van der Waals surface area contributed by atoms with Gasteiger partial charge in [0.2, 0.25) is 0 Å². The summed E-state index contributed by atoms with van der Waals surface area (Å²) in [5.41, 5.74) is -0.409. The van der Waals surface area contributed by atoms with E-state index in [0.29, 0.717) is 5.69 Å². The molecule has 2 aromatic heterocycles. The Morgan fingerprint density at radius 3 is 2.69 bits per heavy atom. The Kier molecular flexibility index (Phi) is 6.01. The number of hydrogen-bond donors (Lipinski definition) is 1. The molecule has 2 rings (SSSR count). The Balaban J connectivity index is 2.05. The quantitative estimate of drug-likeness (QED) is 0.767. The summed E-state index contributed by atoms with van der Waals surface area (Å²) >= 11 is 1.10. The number of carbonyl (C=O) groups excluding carboxylic acids is 2. The van der Waals surface area contributed by atoms with Crippen LogP contribution in [-0.2, 0) is 26.9 Å². The maximum absolute atomic E-state index is 12.7. The molecule has 0 bridgehead atoms.